The Hall–Kier alpha value is -1.69. The first-order chi connectivity index (χ1) is 9.60. The Morgan fingerprint density at radius 1 is 1.45 bits per heavy atom. The van der Waals surface area contributed by atoms with Gasteiger partial charge in [0.1, 0.15) is 11.3 Å². The molecule has 1 saturated heterocycles. The van der Waals surface area contributed by atoms with Gasteiger partial charge in [0.2, 0.25) is 5.91 Å². The minimum atomic E-state index is -0.935. The lowest BCUT2D eigenvalue weighted by atomic mass is 10.2. The van der Waals surface area contributed by atoms with Crippen LogP contribution in [-0.4, -0.2) is 21.5 Å². The molecule has 4 nitrogen and oxygen atoms in total. The summed E-state index contributed by atoms with van der Waals surface area (Å²) >= 11 is 5.82. The molecule has 20 heavy (non-hydrogen) atoms. The van der Waals surface area contributed by atoms with Crippen LogP contribution in [0.25, 0.3) is 11.0 Å². The highest BCUT2D eigenvalue weighted by Crippen LogP contribution is 2.24. The lowest BCUT2D eigenvalue weighted by Crippen LogP contribution is -2.30. The highest BCUT2D eigenvalue weighted by Gasteiger charge is 2.24. The van der Waals surface area contributed by atoms with Crippen molar-refractivity contribution in [3.63, 3.8) is 0 Å². The highest BCUT2D eigenvalue weighted by molar-refractivity contribution is 6.16. The maximum atomic E-state index is 14.0. The molecule has 0 spiro atoms. The summed E-state index contributed by atoms with van der Waals surface area (Å²) in [5.74, 6) is -1.33. The normalized spacial score (nSPS) is 18.8. The number of halogens is 3. The van der Waals surface area contributed by atoms with Gasteiger partial charge in [-0.3, -0.25) is 4.79 Å². The van der Waals surface area contributed by atoms with Gasteiger partial charge in [0, 0.05) is 19.0 Å². The number of hydrogen-bond donors (Lipinski definition) is 1. The molecule has 1 aliphatic heterocycles. The van der Waals surface area contributed by atoms with E-state index in [9.17, 15) is 13.6 Å². The van der Waals surface area contributed by atoms with Crippen LogP contribution in [-0.2, 0) is 17.2 Å². The van der Waals surface area contributed by atoms with Gasteiger partial charge in [0.25, 0.3) is 0 Å². The predicted octanol–water partition coefficient (Wildman–Crippen LogP) is 2.33. The van der Waals surface area contributed by atoms with E-state index in [0.717, 1.165) is 6.07 Å². The molecule has 1 amide bonds. The van der Waals surface area contributed by atoms with Crippen molar-refractivity contribution in [3.05, 3.63) is 29.6 Å². The van der Waals surface area contributed by atoms with Crippen LogP contribution in [0, 0.1) is 11.6 Å². The van der Waals surface area contributed by atoms with Crippen molar-refractivity contribution < 1.29 is 13.6 Å². The molecular weight excluding hydrogens is 288 g/mol. The number of carbonyl (C=O) groups is 1. The van der Waals surface area contributed by atoms with E-state index in [0.29, 0.717) is 30.7 Å². The number of benzene rings is 1. The molecule has 106 valence electrons. The van der Waals surface area contributed by atoms with Gasteiger partial charge in [0.05, 0.1) is 11.4 Å². The first-order valence-corrected chi connectivity index (χ1v) is 6.82. The first kappa shape index (κ1) is 13.3. The van der Waals surface area contributed by atoms with Crippen LogP contribution in [0.3, 0.4) is 0 Å². The van der Waals surface area contributed by atoms with E-state index < -0.39 is 11.6 Å². The summed E-state index contributed by atoms with van der Waals surface area (Å²) in [5.41, 5.74) is 0.464. The van der Waals surface area contributed by atoms with Crippen molar-refractivity contribution in [2.75, 3.05) is 0 Å². The molecule has 2 heterocycles. The molecule has 1 fully saturated rings. The predicted molar refractivity (Wildman–Crippen MR) is 70.4 cm³/mol. The van der Waals surface area contributed by atoms with Gasteiger partial charge < -0.3 is 9.88 Å². The Kier molecular flexibility index (Phi) is 3.33. The van der Waals surface area contributed by atoms with E-state index in [1.165, 1.54) is 6.07 Å². The second-order valence-electron chi connectivity index (χ2n) is 4.80. The smallest absolute Gasteiger partial charge is 0.220 e. The van der Waals surface area contributed by atoms with Crippen molar-refractivity contribution in [1.29, 1.82) is 0 Å². The molecular formula is C13H12ClF2N3O. The van der Waals surface area contributed by atoms with Gasteiger partial charge in [0.15, 0.2) is 11.6 Å². The Labute approximate surface area is 118 Å². The molecule has 0 saturated carbocycles. The van der Waals surface area contributed by atoms with Crippen molar-refractivity contribution >= 4 is 28.5 Å². The second-order valence-corrected chi connectivity index (χ2v) is 5.07. The van der Waals surface area contributed by atoms with Gasteiger partial charge in [-0.2, -0.15) is 0 Å². The average Bonchev–Trinajstić information content (AvgIpc) is 2.99. The molecule has 1 unspecified atom stereocenters. The zero-order valence-corrected chi connectivity index (χ0v) is 11.3. The van der Waals surface area contributed by atoms with Gasteiger partial charge in [-0.1, -0.05) is 0 Å². The first-order valence-electron chi connectivity index (χ1n) is 6.28. The molecule has 2 aromatic rings. The van der Waals surface area contributed by atoms with Crippen LogP contribution in [0.1, 0.15) is 18.7 Å². The van der Waals surface area contributed by atoms with E-state index in [1.54, 1.807) is 4.57 Å². The standard InChI is InChI=1S/C13H12ClF2N3O/c14-5-10-18-9-3-2-8(15)12(16)13(9)19(10)6-7-1-4-11(20)17-7/h2-3,7H,1,4-6H2,(H,17,20). The van der Waals surface area contributed by atoms with Gasteiger partial charge in [-0.05, 0) is 18.6 Å². The fraction of sp³-hybridized carbons (Fsp3) is 0.385. The number of nitrogens with zero attached hydrogens (tertiary/aromatic N) is 2. The number of aromatic nitrogens is 2. The minimum absolute atomic E-state index is 0.0292. The Balaban J connectivity index is 2.07. The number of imidazole rings is 1. The number of amides is 1. The van der Waals surface area contributed by atoms with Gasteiger partial charge in [-0.25, -0.2) is 13.8 Å². The fourth-order valence-corrected chi connectivity index (χ4v) is 2.74. The Morgan fingerprint density at radius 2 is 2.25 bits per heavy atom. The molecule has 1 aromatic heterocycles. The SMILES string of the molecule is O=C1CCC(Cn2c(CCl)nc3ccc(F)c(F)c32)N1. The molecule has 3 rings (SSSR count). The summed E-state index contributed by atoms with van der Waals surface area (Å²) in [5, 5.41) is 2.80. The third-order valence-electron chi connectivity index (χ3n) is 3.49. The monoisotopic (exact) mass is 299 g/mol. The van der Waals surface area contributed by atoms with Gasteiger partial charge >= 0.3 is 0 Å². The largest absolute Gasteiger partial charge is 0.352 e. The molecule has 0 radical (unpaired) electrons. The third kappa shape index (κ3) is 2.14. The number of alkyl halides is 1. The zero-order chi connectivity index (χ0) is 14.3. The number of nitrogens with one attached hydrogen (secondary N) is 1. The number of rotatable bonds is 3. The molecule has 1 N–H and O–H groups in total. The van der Waals surface area contributed by atoms with Crippen molar-refractivity contribution in [1.82, 2.24) is 14.9 Å². The Morgan fingerprint density at radius 3 is 2.90 bits per heavy atom. The van der Waals surface area contributed by atoms with E-state index >= 15 is 0 Å². The fourth-order valence-electron chi connectivity index (χ4n) is 2.54. The molecule has 0 aliphatic carbocycles. The van der Waals surface area contributed by atoms with Crippen LogP contribution in [0.15, 0.2) is 12.1 Å². The summed E-state index contributed by atoms with van der Waals surface area (Å²) in [6, 6.07) is 2.36. The highest BCUT2D eigenvalue weighted by atomic mass is 35.5. The van der Waals surface area contributed by atoms with Crippen LogP contribution >= 0.6 is 11.6 Å². The van der Waals surface area contributed by atoms with Crippen LogP contribution in [0.5, 0.6) is 0 Å². The second kappa shape index (κ2) is 5.01. The summed E-state index contributed by atoms with van der Waals surface area (Å²) in [6.07, 6.45) is 1.11. The topological polar surface area (TPSA) is 46.9 Å². The lowest BCUT2D eigenvalue weighted by Gasteiger charge is -2.14. The van der Waals surface area contributed by atoms with Crippen LogP contribution < -0.4 is 5.32 Å². The van der Waals surface area contributed by atoms with Crippen LogP contribution in [0.2, 0.25) is 0 Å². The lowest BCUT2D eigenvalue weighted by molar-refractivity contribution is -0.119. The van der Waals surface area contributed by atoms with Gasteiger partial charge in [-0.15, -0.1) is 11.6 Å². The number of hydrogen-bond acceptors (Lipinski definition) is 2. The van der Waals surface area contributed by atoms with E-state index in [2.05, 4.69) is 10.3 Å². The summed E-state index contributed by atoms with van der Waals surface area (Å²) in [6.45, 7) is 0.338. The number of fused-ring (bicyclic) bond motifs is 1. The minimum Gasteiger partial charge on any atom is -0.352 e. The molecule has 0 bridgehead atoms. The third-order valence-corrected chi connectivity index (χ3v) is 3.73. The maximum Gasteiger partial charge on any atom is 0.220 e. The van der Waals surface area contributed by atoms with E-state index in [1.807, 2.05) is 0 Å². The maximum absolute atomic E-state index is 14.0. The molecule has 7 heteroatoms. The van der Waals surface area contributed by atoms with E-state index in [4.69, 9.17) is 11.6 Å². The zero-order valence-electron chi connectivity index (χ0n) is 10.5. The average molecular weight is 300 g/mol. The van der Waals surface area contributed by atoms with Crippen molar-refractivity contribution in [2.45, 2.75) is 31.3 Å². The molecule has 1 atom stereocenters. The van der Waals surface area contributed by atoms with Crippen LogP contribution in [0.4, 0.5) is 8.78 Å². The summed E-state index contributed by atoms with van der Waals surface area (Å²) < 4.78 is 28.9. The molecule has 1 aliphatic rings. The van der Waals surface area contributed by atoms with Crippen molar-refractivity contribution in [2.24, 2.45) is 0 Å². The Bertz CT molecular complexity index is 686. The number of carbonyl (C=O) groups excluding carboxylic acids is 1. The summed E-state index contributed by atoms with van der Waals surface area (Å²) in [4.78, 5) is 15.4. The van der Waals surface area contributed by atoms with Crippen molar-refractivity contribution in [3.8, 4) is 0 Å². The summed E-state index contributed by atoms with van der Waals surface area (Å²) in [7, 11) is 0. The van der Waals surface area contributed by atoms with E-state index in [-0.39, 0.29) is 23.3 Å². The molecule has 1 aromatic carbocycles. The quantitative estimate of drug-likeness (QED) is 0.884.